The molecule has 21 heavy (non-hydrogen) atoms. The fraction of sp³-hybridized carbons (Fsp3) is 0.706. The molecule has 4 nitrogen and oxygen atoms in total. The zero-order valence-corrected chi connectivity index (χ0v) is 13.5. The van der Waals surface area contributed by atoms with Gasteiger partial charge in [0.2, 0.25) is 0 Å². The van der Waals surface area contributed by atoms with Crippen LogP contribution in [-0.2, 0) is 4.74 Å². The van der Waals surface area contributed by atoms with Crippen molar-refractivity contribution in [2.24, 2.45) is 0 Å². The molecule has 0 saturated heterocycles. The van der Waals surface area contributed by atoms with Gasteiger partial charge in [-0.15, -0.1) is 0 Å². The van der Waals surface area contributed by atoms with Gasteiger partial charge in [0.15, 0.2) is 0 Å². The van der Waals surface area contributed by atoms with Crippen LogP contribution < -0.4 is 10.1 Å². The van der Waals surface area contributed by atoms with Gasteiger partial charge in [-0.2, -0.15) is 0 Å². The number of methoxy groups -OCH3 is 1. The highest BCUT2D eigenvalue weighted by molar-refractivity contribution is 5.22. The minimum Gasteiger partial charge on any atom is -0.489 e. The zero-order valence-electron chi connectivity index (χ0n) is 13.5. The number of nitrogens with one attached hydrogen (secondary N) is 1. The van der Waals surface area contributed by atoms with Crippen molar-refractivity contribution in [2.75, 3.05) is 13.7 Å². The van der Waals surface area contributed by atoms with Crippen LogP contribution in [0.15, 0.2) is 18.3 Å². The molecule has 0 bridgehead atoms. The van der Waals surface area contributed by atoms with Gasteiger partial charge in [-0.1, -0.05) is 13.8 Å². The molecular formula is C17H28N2O2. The predicted molar refractivity (Wildman–Crippen MR) is 84.6 cm³/mol. The molecule has 0 aromatic carbocycles. The molecule has 1 heterocycles. The van der Waals surface area contributed by atoms with E-state index in [0.717, 1.165) is 43.7 Å². The first kappa shape index (κ1) is 16.2. The van der Waals surface area contributed by atoms with Crippen LogP contribution in [0.5, 0.6) is 5.75 Å². The molecule has 1 aromatic heterocycles. The molecular weight excluding hydrogens is 264 g/mol. The zero-order chi connectivity index (χ0) is 15.1. The summed E-state index contributed by atoms with van der Waals surface area (Å²) in [4.78, 5) is 4.55. The molecule has 0 amide bonds. The van der Waals surface area contributed by atoms with Gasteiger partial charge in [0.1, 0.15) is 11.9 Å². The number of pyridine rings is 1. The molecule has 118 valence electrons. The Morgan fingerprint density at radius 1 is 1.29 bits per heavy atom. The fourth-order valence-electron chi connectivity index (χ4n) is 2.99. The quantitative estimate of drug-likeness (QED) is 0.835. The minimum atomic E-state index is 0.257. The maximum Gasteiger partial charge on any atom is 0.138 e. The van der Waals surface area contributed by atoms with Crippen LogP contribution in [-0.4, -0.2) is 30.8 Å². The second-order valence-corrected chi connectivity index (χ2v) is 5.70. The maximum absolute atomic E-state index is 6.05. The topological polar surface area (TPSA) is 43.4 Å². The molecule has 0 aliphatic heterocycles. The van der Waals surface area contributed by atoms with E-state index in [4.69, 9.17) is 9.47 Å². The van der Waals surface area contributed by atoms with Crippen LogP contribution in [0, 0.1) is 0 Å². The maximum atomic E-state index is 6.05. The Bertz CT molecular complexity index is 408. The van der Waals surface area contributed by atoms with Crippen LogP contribution in [0.25, 0.3) is 0 Å². The summed E-state index contributed by atoms with van der Waals surface area (Å²) >= 11 is 0. The normalized spacial score (nSPS) is 23.8. The van der Waals surface area contributed by atoms with Crippen LogP contribution in [0.2, 0.25) is 0 Å². The standard InChI is InChI=1S/C17H28N2O2/c1-4-16(18-5-2)17-10-9-15(12-19-17)21-14-8-6-7-13(11-14)20-3/h9-10,12-14,16,18H,4-8,11H2,1-3H3. The number of hydrogen-bond acceptors (Lipinski definition) is 4. The molecule has 1 aliphatic carbocycles. The van der Waals surface area contributed by atoms with Gasteiger partial charge in [-0.25, -0.2) is 0 Å². The Hall–Kier alpha value is -1.13. The molecule has 1 aromatic rings. The summed E-state index contributed by atoms with van der Waals surface area (Å²) in [7, 11) is 1.79. The Balaban J connectivity index is 1.92. The third kappa shape index (κ3) is 4.68. The van der Waals surface area contributed by atoms with Gasteiger partial charge in [-0.05, 0) is 44.4 Å². The van der Waals surface area contributed by atoms with E-state index < -0.39 is 0 Å². The van der Waals surface area contributed by atoms with Crippen molar-refractivity contribution in [3.05, 3.63) is 24.0 Å². The van der Waals surface area contributed by atoms with E-state index in [1.165, 1.54) is 6.42 Å². The summed E-state index contributed by atoms with van der Waals surface area (Å²) in [6.45, 7) is 5.25. The highest BCUT2D eigenvalue weighted by atomic mass is 16.5. The second kappa shape index (κ2) is 8.35. The Kier molecular flexibility index (Phi) is 6.46. The largest absolute Gasteiger partial charge is 0.489 e. The molecule has 3 unspecified atom stereocenters. The first-order valence-electron chi connectivity index (χ1n) is 8.15. The summed E-state index contributed by atoms with van der Waals surface area (Å²) in [5.41, 5.74) is 1.09. The van der Waals surface area contributed by atoms with Crippen molar-refractivity contribution in [1.82, 2.24) is 10.3 Å². The average Bonchev–Trinajstić information content (AvgIpc) is 2.54. The number of ether oxygens (including phenoxy) is 2. The highest BCUT2D eigenvalue weighted by Gasteiger charge is 2.23. The fourth-order valence-corrected chi connectivity index (χ4v) is 2.99. The van der Waals surface area contributed by atoms with E-state index in [1.54, 1.807) is 7.11 Å². The third-order valence-electron chi connectivity index (χ3n) is 4.19. The first-order valence-corrected chi connectivity index (χ1v) is 8.15. The summed E-state index contributed by atoms with van der Waals surface area (Å²) in [6.07, 6.45) is 7.90. The molecule has 3 atom stereocenters. The van der Waals surface area contributed by atoms with Gasteiger partial charge in [0, 0.05) is 19.6 Å². The van der Waals surface area contributed by atoms with Gasteiger partial charge < -0.3 is 14.8 Å². The van der Waals surface area contributed by atoms with E-state index in [1.807, 2.05) is 12.3 Å². The molecule has 4 heteroatoms. The van der Waals surface area contributed by atoms with Crippen LogP contribution >= 0.6 is 0 Å². The van der Waals surface area contributed by atoms with Gasteiger partial charge >= 0.3 is 0 Å². The van der Waals surface area contributed by atoms with E-state index >= 15 is 0 Å². The molecule has 0 spiro atoms. The number of hydrogen-bond donors (Lipinski definition) is 1. The lowest BCUT2D eigenvalue weighted by Gasteiger charge is -2.28. The molecule has 0 radical (unpaired) electrons. The van der Waals surface area contributed by atoms with Crippen molar-refractivity contribution in [3.8, 4) is 5.75 Å². The van der Waals surface area contributed by atoms with Crippen molar-refractivity contribution < 1.29 is 9.47 Å². The van der Waals surface area contributed by atoms with Gasteiger partial charge in [0.25, 0.3) is 0 Å². The van der Waals surface area contributed by atoms with Gasteiger partial charge in [0.05, 0.1) is 18.0 Å². The Morgan fingerprint density at radius 3 is 2.71 bits per heavy atom. The lowest BCUT2D eigenvalue weighted by molar-refractivity contribution is 0.0208. The molecule has 1 saturated carbocycles. The molecule has 1 fully saturated rings. The highest BCUT2D eigenvalue weighted by Crippen LogP contribution is 2.25. The number of aromatic nitrogens is 1. The Labute approximate surface area is 128 Å². The molecule has 1 aliphatic rings. The van der Waals surface area contributed by atoms with Crippen LogP contribution in [0.4, 0.5) is 0 Å². The minimum absolute atomic E-state index is 0.257. The predicted octanol–water partition coefficient (Wildman–Crippen LogP) is 3.48. The van der Waals surface area contributed by atoms with E-state index in [-0.39, 0.29) is 6.10 Å². The second-order valence-electron chi connectivity index (χ2n) is 5.70. The SMILES string of the molecule is CCNC(CC)c1ccc(OC2CCCC(OC)C2)cn1. The van der Waals surface area contributed by atoms with Crippen LogP contribution in [0.1, 0.15) is 57.7 Å². The third-order valence-corrected chi connectivity index (χ3v) is 4.19. The van der Waals surface area contributed by atoms with Crippen LogP contribution in [0.3, 0.4) is 0 Å². The number of nitrogens with zero attached hydrogens (tertiary/aromatic N) is 1. The van der Waals surface area contributed by atoms with Gasteiger partial charge in [-0.3, -0.25) is 4.98 Å². The summed E-state index contributed by atoms with van der Waals surface area (Å²) in [5, 5.41) is 3.44. The first-order chi connectivity index (χ1) is 10.3. The number of rotatable bonds is 7. The van der Waals surface area contributed by atoms with Crippen molar-refractivity contribution in [1.29, 1.82) is 0 Å². The lowest BCUT2D eigenvalue weighted by atomic mass is 9.95. The van der Waals surface area contributed by atoms with E-state index in [9.17, 15) is 0 Å². The van der Waals surface area contributed by atoms with Crippen molar-refractivity contribution in [3.63, 3.8) is 0 Å². The molecule has 2 rings (SSSR count). The van der Waals surface area contributed by atoms with Crippen molar-refractivity contribution >= 4 is 0 Å². The van der Waals surface area contributed by atoms with E-state index in [0.29, 0.717) is 12.1 Å². The Morgan fingerprint density at radius 2 is 2.10 bits per heavy atom. The summed E-state index contributed by atoms with van der Waals surface area (Å²) in [5.74, 6) is 0.867. The lowest BCUT2D eigenvalue weighted by Crippen LogP contribution is -2.29. The molecule has 1 N–H and O–H groups in total. The smallest absolute Gasteiger partial charge is 0.138 e. The summed E-state index contributed by atoms with van der Waals surface area (Å²) in [6, 6.07) is 4.44. The van der Waals surface area contributed by atoms with E-state index in [2.05, 4.69) is 30.2 Å². The average molecular weight is 292 g/mol. The monoisotopic (exact) mass is 292 g/mol. The van der Waals surface area contributed by atoms with Crippen molar-refractivity contribution in [2.45, 2.75) is 64.2 Å². The summed E-state index contributed by atoms with van der Waals surface area (Å²) < 4.78 is 11.5.